The second-order valence-electron chi connectivity index (χ2n) is 4.37. The van der Waals surface area contributed by atoms with Crippen LogP contribution in [0, 0.1) is 5.41 Å². The number of hydrogen-bond acceptors (Lipinski definition) is 3. The summed E-state index contributed by atoms with van der Waals surface area (Å²) in [4.78, 5) is 1.84. The summed E-state index contributed by atoms with van der Waals surface area (Å²) >= 11 is 0. The number of alkyl halides is 3. The summed E-state index contributed by atoms with van der Waals surface area (Å²) in [6.45, 7) is -0.672. The molecule has 0 aromatic heterocycles. The second-order valence-corrected chi connectivity index (χ2v) is 4.37. The largest absolute Gasteiger partial charge is 0.411 e. The molecule has 0 amide bonds. The van der Waals surface area contributed by atoms with Crippen LogP contribution in [0.2, 0.25) is 0 Å². The zero-order valence-electron chi connectivity index (χ0n) is 11.2. The van der Waals surface area contributed by atoms with E-state index in [0.717, 1.165) is 5.69 Å². The molecule has 0 aliphatic carbocycles. The Morgan fingerprint density at radius 3 is 2.60 bits per heavy atom. The molecule has 0 atom stereocenters. The lowest BCUT2D eigenvalue weighted by Crippen LogP contribution is -2.25. The molecule has 0 radical (unpaired) electrons. The Labute approximate surface area is 115 Å². The highest BCUT2D eigenvalue weighted by molar-refractivity contribution is 6.00. The van der Waals surface area contributed by atoms with E-state index in [1.54, 1.807) is 19.2 Å². The lowest BCUT2D eigenvalue weighted by atomic mass is 10.1. The molecule has 4 nitrogen and oxygen atoms in total. The number of hydrogen-bond donors (Lipinski definition) is 2. The van der Waals surface area contributed by atoms with Gasteiger partial charge in [0, 0.05) is 31.5 Å². The molecule has 0 saturated heterocycles. The monoisotopic (exact) mass is 289 g/mol. The van der Waals surface area contributed by atoms with E-state index in [4.69, 9.17) is 11.1 Å². The molecule has 1 aromatic carbocycles. The molecule has 20 heavy (non-hydrogen) atoms. The van der Waals surface area contributed by atoms with Crippen LogP contribution in [0.3, 0.4) is 0 Å². The number of nitrogen functional groups attached to an aromatic ring is 1. The SMILES string of the molecule is CN(CCCOCC(F)(F)F)c1ccccc1C(=N)N. The molecule has 1 rings (SSSR count). The normalized spacial score (nSPS) is 11.4. The first kappa shape index (κ1) is 16.3. The van der Waals surface area contributed by atoms with E-state index >= 15 is 0 Å². The Morgan fingerprint density at radius 2 is 2.00 bits per heavy atom. The Balaban J connectivity index is 2.44. The highest BCUT2D eigenvalue weighted by Crippen LogP contribution is 2.19. The number of halogens is 3. The van der Waals surface area contributed by atoms with Crippen molar-refractivity contribution >= 4 is 11.5 Å². The van der Waals surface area contributed by atoms with Crippen LogP contribution in [0.1, 0.15) is 12.0 Å². The van der Waals surface area contributed by atoms with Crippen molar-refractivity contribution in [2.75, 3.05) is 31.7 Å². The second kappa shape index (κ2) is 7.14. The first-order chi connectivity index (χ1) is 9.31. The van der Waals surface area contributed by atoms with Gasteiger partial charge in [-0.05, 0) is 18.6 Å². The fourth-order valence-electron chi connectivity index (χ4n) is 1.75. The van der Waals surface area contributed by atoms with Gasteiger partial charge in [-0.3, -0.25) is 5.41 Å². The Hall–Kier alpha value is -1.76. The smallest absolute Gasteiger partial charge is 0.384 e. The van der Waals surface area contributed by atoms with Crippen LogP contribution >= 0.6 is 0 Å². The summed E-state index contributed by atoms with van der Waals surface area (Å²) in [5, 5.41) is 7.48. The summed E-state index contributed by atoms with van der Waals surface area (Å²) in [5.74, 6) is -0.0410. The lowest BCUT2D eigenvalue weighted by Gasteiger charge is -2.22. The summed E-state index contributed by atoms with van der Waals surface area (Å²) < 4.78 is 40.2. The molecular weight excluding hydrogens is 271 g/mol. The van der Waals surface area contributed by atoms with E-state index in [-0.39, 0.29) is 12.4 Å². The number of rotatable bonds is 7. The minimum Gasteiger partial charge on any atom is -0.384 e. The number of anilines is 1. The van der Waals surface area contributed by atoms with Crippen molar-refractivity contribution in [3.05, 3.63) is 29.8 Å². The first-order valence-corrected chi connectivity index (χ1v) is 6.10. The molecular formula is C13H18F3N3O. The summed E-state index contributed by atoms with van der Waals surface area (Å²) in [5.41, 5.74) is 6.86. The number of para-hydroxylation sites is 1. The van der Waals surface area contributed by atoms with Gasteiger partial charge in [-0.15, -0.1) is 0 Å². The molecule has 0 heterocycles. The van der Waals surface area contributed by atoms with Crippen molar-refractivity contribution in [3.63, 3.8) is 0 Å². The first-order valence-electron chi connectivity index (χ1n) is 6.10. The number of nitrogens with one attached hydrogen (secondary N) is 1. The van der Waals surface area contributed by atoms with E-state index in [1.165, 1.54) is 0 Å². The molecule has 0 fully saturated rings. The Bertz CT molecular complexity index is 449. The predicted octanol–water partition coefficient (Wildman–Crippen LogP) is 2.38. The van der Waals surface area contributed by atoms with E-state index in [9.17, 15) is 13.2 Å². The van der Waals surface area contributed by atoms with Gasteiger partial charge in [0.2, 0.25) is 0 Å². The van der Waals surface area contributed by atoms with Crippen molar-refractivity contribution in [1.82, 2.24) is 0 Å². The predicted molar refractivity (Wildman–Crippen MR) is 72.2 cm³/mol. The number of amidine groups is 1. The molecule has 112 valence electrons. The van der Waals surface area contributed by atoms with Crippen LogP contribution in [0.4, 0.5) is 18.9 Å². The van der Waals surface area contributed by atoms with Crippen LogP contribution in [0.5, 0.6) is 0 Å². The van der Waals surface area contributed by atoms with E-state index < -0.39 is 12.8 Å². The average Bonchev–Trinajstić information content (AvgIpc) is 2.36. The third-order valence-electron chi connectivity index (χ3n) is 2.65. The third kappa shape index (κ3) is 5.48. The number of benzene rings is 1. The lowest BCUT2D eigenvalue weighted by molar-refractivity contribution is -0.173. The number of ether oxygens (including phenoxy) is 1. The van der Waals surface area contributed by atoms with Crippen LogP contribution in [-0.2, 0) is 4.74 Å². The maximum absolute atomic E-state index is 11.9. The molecule has 7 heteroatoms. The maximum atomic E-state index is 11.9. The van der Waals surface area contributed by atoms with Crippen molar-refractivity contribution in [3.8, 4) is 0 Å². The topological polar surface area (TPSA) is 62.3 Å². The zero-order chi connectivity index (χ0) is 15.2. The summed E-state index contributed by atoms with van der Waals surface area (Å²) in [7, 11) is 1.80. The molecule has 0 aliphatic rings. The zero-order valence-corrected chi connectivity index (χ0v) is 11.2. The van der Waals surface area contributed by atoms with Crippen molar-refractivity contribution < 1.29 is 17.9 Å². The summed E-state index contributed by atoms with van der Waals surface area (Å²) in [6, 6.07) is 7.14. The molecule has 1 aromatic rings. The fourth-order valence-corrected chi connectivity index (χ4v) is 1.75. The van der Waals surface area contributed by atoms with Crippen molar-refractivity contribution in [1.29, 1.82) is 5.41 Å². The Kier molecular flexibility index (Phi) is 5.82. The van der Waals surface area contributed by atoms with Gasteiger partial charge in [0.05, 0.1) is 0 Å². The van der Waals surface area contributed by atoms with Crippen molar-refractivity contribution in [2.45, 2.75) is 12.6 Å². The number of nitrogens with zero attached hydrogens (tertiary/aromatic N) is 1. The highest BCUT2D eigenvalue weighted by Gasteiger charge is 2.27. The molecule has 0 aliphatic heterocycles. The van der Waals surface area contributed by atoms with E-state index in [0.29, 0.717) is 18.5 Å². The minimum atomic E-state index is -4.28. The molecule has 0 spiro atoms. The molecule has 0 unspecified atom stereocenters. The maximum Gasteiger partial charge on any atom is 0.411 e. The standard InChI is InChI=1S/C13H18F3N3O/c1-19(7-4-8-20-9-13(14,15)16)11-6-3-2-5-10(11)12(17)18/h2-3,5-6H,4,7-9H2,1H3,(H3,17,18). The van der Waals surface area contributed by atoms with Gasteiger partial charge < -0.3 is 15.4 Å². The van der Waals surface area contributed by atoms with Gasteiger partial charge in [-0.2, -0.15) is 13.2 Å². The van der Waals surface area contributed by atoms with Crippen LogP contribution in [0.25, 0.3) is 0 Å². The highest BCUT2D eigenvalue weighted by atomic mass is 19.4. The van der Waals surface area contributed by atoms with Gasteiger partial charge in [0.15, 0.2) is 0 Å². The summed E-state index contributed by atoms with van der Waals surface area (Å²) in [6.07, 6.45) is -3.83. The molecule has 3 N–H and O–H groups in total. The minimum absolute atomic E-state index is 0.0338. The van der Waals surface area contributed by atoms with E-state index in [1.807, 2.05) is 17.0 Å². The number of nitrogens with two attached hydrogens (primary N) is 1. The van der Waals surface area contributed by atoms with Gasteiger partial charge in [0.1, 0.15) is 12.4 Å². The van der Waals surface area contributed by atoms with Crippen molar-refractivity contribution in [2.24, 2.45) is 5.73 Å². The van der Waals surface area contributed by atoms with Crippen LogP contribution < -0.4 is 10.6 Å². The van der Waals surface area contributed by atoms with Crippen LogP contribution in [0.15, 0.2) is 24.3 Å². The fraction of sp³-hybridized carbons (Fsp3) is 0.462. The molecule has 0 saturated carbocycles. The molecule has 0 bridgehead atoms. The van der Waals surface area contributed by atoms with Gasteiger partial charge in [-0.1, -0.05) is 12.1 Å². The quantitative estimate of drug-likeness (QED) is 0.460. The van der Waals surface area contributed by atoms with Gasteiger partial charge >= 0.3 is 6.18 Å². The Morgan fingerprint density at radius 1 is 1.35 bits per heavy atom. The van der Waals surface area contributed by atoms with Gasteiger partial charge in [0.25, 0.3) is 0 Å². The van der Waals surface area contributed by atoms with Gasteiger partial charge in [-0.25, -0.2) is 0 Å². The van der Waals surface area contributed by atoms with E-state index in [2.05, 4.69) is 4.74 Å². The average molecular weight is 289 g/mol. The van der Waals surface area contributed by atoms with Crippen LogP contribution in [-0.4, -0.2) is 38.8 Å². The third-order valence-corrected chi connectivity index (χ3v) is 2.65.